The molecular formula is C23H24N2O3. The second-order valence-electron chi connectivity index (χ2n) is 6.91. The van der Waals surface area contributed by atoms with Gasteiger partial charge in [-0.3, -0.25) is 9.78 Å². The molecule has 0 unspecified atom stereocenters. The van der Waals surface area contributed by atoms with E-state index in [9.17, 15) is 9.59 Å². The van der Waals surface area contributed by atoms with Crippen molar-refractivity contribution in [3.8, 4) is 0 Å². The Morgan fingerprint density at radius 1 is 1.04 bits per heavy atom. The number of fused-ring (bicyclic) bond motifs is 1. The van der Waals surface area contributed by atoms with Crippen molar-refractivity contribution in [1.29, 1.82) is 0 Å². The maximum Gasteiger partial charge on any atom is 0.340 e. The number of para-hydroxylation sites is 1. The highest BCUT2D eigenvalue weighted by Gasteiger charge is 2.19. The fraction of sp³-hybridized carbons (Fsp3) is 0.261. The maximum atomic E-state index is 12.6. The van der Waals surface area contributed by atoms with E-state index in [1.54, 1.807) is 6.92 Å². The summed E-state index contributed by atoms with van der Waals surface area (Å²) in [7, 11) is 0. The number of carbonyl (C=O) groups is 2. The summed E-state index contributed by atoms with van der Waals surface area (Å²) in [6.45, 7) is 5.85. The fourth-order valence-electron chi connectivity index (χ4n) is 3.25. The van der Waals surface area contributed by atoms with Gasteiger partial charge in [-0.25, -0.2) is 4.79 Å². The molecular weight excluding hydrogens is 352 g/mol. The second-order valence-corrected chi connectivity index (χ2v) is 6.91. The third-order valence-electron chi connectivity index (χ3n) is 4.85. The molecule has 1 N–H and O–H groups in total. The fourth-order valence-corrected chi connectivity index (χ4v) is 3.25. The molecule has 0 saturated carbocycles. The number of hydrogen-bond acceptors (Lipinski definition) is 4. The number of nitrogens with one attached hydrogen (secondary N) is 1. The van der Waals surface area contributed by atoms with Crippen LogP contribution in [0, 0.1) is 13.8 Å². The molecule has 3 aromatic rings. The van der Waals surface area contributed by atoms with Crippen molar-refractivity contribution >= 4 is 22.8 Å². The van der Waals surface area contributed by atoms with Crippen LogP contribution < -0.4 is 5.32 Å². The summed E-state index contributed by atoms with van der Waals surface area (Å²) in [4.78, 5) is 29.1. The van der Waals surface area contributed by atoms with Gasteiger partial charge in [0.2, 0.25) is 0 Å². The highest BCUT2D eigenvalue weighted by Crippen LogP contribution is 2.23. The molecule has 0 aliphatic heterocycles. The lowest BCUT2D eigenvalue weighted by molar-refractivity contribution is -0.124. The largest absolute Gasteiger partial charge is 0.452 e. The Morgan fingerprint density at radius 2 is 1.71 bits per heavy atom. The highest BCUT2D eigenvalue weighted by atomic mass is 16.5. The lowest BCUT2D eigenvalue weighted by Crippen LogP contribution is -2.32. The predicted octanol–water partition coefficient (Wildman–Crippen LogP) is 3.93. The number of aromatic nitrogens is 1. The van der Waals surface area contributed by atoms with Crippen LogP contribution in [0.3, 0.4) is 0 Å². The van der Waals surface area contributed by atoms with E-state index < -0.39 is 5.97 Å². The van der Waals surface area contributed by atoms with Crippen molar-refractivity contribution in [1.82, 2.24) is 10.3 Å². The minimum absolute atomic E-state index is 0.176. The van der Waals surface area contributed by atoms with Crippen LogP contribution in [0.1, 0.15) is 40.0 Å². The van der Waals surface area contributed by atoms with Crippen molar-refractivity contribution in [3.05, 3.63) is 77.0 Å². The third kappa shape index (κ3) is 4.36. The van der Waals surface area contributed by atoms with Crippen molar-refractivity contribution in [3.63, 3.8) is 0 Å². The average Bonchev–Trinajstić information content (AvgIpc) is 2.71. The molecule has 28 heavy (non-hydrogen) atoms. The number of pyridine rings is 1. The van der Waals surface area contributed by atoms with Gasteiger partial charge in [0.25, 0.3) is 5.91 Å². The first-order valence-corrected chi connectivity index (χ1v) is 9.32. The van der Waals surface area contributed by atoms with Crippen molar-refractivity contribution in [2.24, 2.45) is 0 Å². The van der Waals surface area contributed by atoms with Gasteiger partial charge in [-0.1, -0.05) is 55.5 Å². The topological polar surface area (TPSA) is 68.3 Å². The second kappa shape index (κ2) is 8.65. The Bertz CT molecular complexity index is 999. The van der Waals surface area contributed by atoms with E-state index in [0.717, 1.165) is 22.0 Å². The van der Waals surface area contributed by atoms with Crippen LogP contribution in [0.5, 0.6) is 0 Å². The van der Waals surface area contributed by atoms with Crippen molar-refractivity contribution < 1.29 is 14.3 Å². The van der Waals surface area contributed by atoms with Gasteiger partial charge in [-0.05, 0) is 37.0 Å². The lowest BCUT2D eigenvalue weighted by atomic mass is 10.0. The maximum absolute atomic E-state index is 12.6. The number of nitrogens with zero attached hydrogens (tertiary/aromatic N) is 1. The minimum Gasteiger partial charge on any atom is -0.452 e. The molecule has 0 fully saturated rings. The molecule has 0 bridgehead atoms. The van der Waals surface area contributed by atoms with Crippen LogP contribution in [-0.4, -0.2) is 30.0 Å². The molecule has 2 aromatic carbocycles. The van der Waals surface area contributed by atoms with Gasteiger partial charge in [0.05, 0.1) is 16.8 Å². The van der Waals surface area contributed by atoms with E-state index in [1.165, 1.54) is 0 Å². The predicted molar refractivity (Wildman–Crippen MR) is 109 cm³/mol. The van der Waals surface area contributed by atoms with E-state index in [1.807, 2.05) is 68.4 Å². The Kier molecular flexibility index (Phi) is 6.04. The third-order valence-corrected chi connectivity index (χ3v) is 4.85. The van der Waals surface area contributed by atoms with E-state index in [4.69, 9.17) is 4.74 Å². The molecule has 1 heterocycles. The summed E-state index contributed by atoms with van der Waals surface area (Å²) in [5.74, 6) is -0.672. The zero-order chi connectivity index (χ0) is 20.1. The Labute approximate surface area is 164 Å². The molecule has 1 amide bonds. The van der Waals surface area contributed by atoms with Gasteiger partial charge in [-0.2, -0.15) is 0 Å². The van der Waals surface area contributed by atoms with Gasteiger partial charge in [0, 0.05) is 11.9 Å². The number of carbonyl (C=O) groups excluding carboxylic acids is 2. The molecule has 5 heteroatoms. The molecule has 0 spiro atoms. The van der Waals surface area contributed by atoms with Crippen LogP contribution in [-0.2, 0) is 9.53 Å². The molecule has 0 aliphatic carbocycles. The quantitative estimate of drug-likeness (QED) is 0.662. The van der Waals surface area contributed by atoms with E-state index >= 15 is 0 Å². The van der Waals surface area contributed by atoms with Gasteiger partial charge in [0.15, 0.2) is 6.61 Å². The number of benzene rings is 2. The van der Waals surface area contributed by atoms with Gasteiger partial charge < -0.3 is 10.1 Å². The zero-order valence-corrected chi connectivity index (χ0v) is 16.4. The molecule has 0 aliphatic rings. The Hall–Kier alpha value is -3.21. The Balaban J connectivity index is 1.59. The SMILES string of the molecule is Cc1nc2ccccc2c(C)c1C(=O)OCC(=O)NC[C@@H](C)c1ccccc1. The summed E-state index contributed by atoms with van der Waals surface area (Å²) >= 11 is 0. The summed E-state index contributed by atoms with van der Waals surface area (Å²) in [5.41, 5.74) is 3.81. The summed E-state index contributed by atoms with van der Waals surface area (Å²) in [6, 6.07) is 17.6. The molecule has 1 aromatic heterocycles. The molecule has 144 valence electrons. The molecule has 3 rings (SSSR count). The summed E-state index contributed by atoms with van der Waals surface area (Å²) in [5, 5.41) is 3.72. The first-order valence-electron chi connectivity index (χ1n) is 9.32. The van der Waals surface area contributed by atoms with E-state index in [0.29, 0.717) is 17.8 Å². The van der Waals surface area contributed by atoms with Gasteiger partial charge in [-0.15, -0.1) is 0 Å². The summed E-state index contributed by atoms with van der Waals surface area (Å²) in [6.07, 6.45) is 0. The molecule has 1 atom stereocenters. The zero-order valence-electron chi connectivity index (χ0n) is 16.4. The first-order chi connectivity index (χ1) is 13.5. The van der Waals surface area contributed by atoms with Crippen molar-refractivity contribution in [2.45, 2.75) is 26.7 Å². The number of ether oxygens (including phenoxy) is 1. The average molecular weight is 376 g/mol. The number of aryl methyl sites for hydroxylation is 2. The van der Waals surface area contributed by atoms with E-state index in [2.05, 4.69) is 10.3 Å². The van der Waals surface area contributed by atoms with Crippen LogP contribution in [0.2, 0.25) is 0 Å². The first kappa shape index (κ1) is 19.5. The summed E-state index contributed by atoms with van der Waals surface area (Å²) < 4.78 is 5.25. The number of hydrogen-bond donors (Lipinski definition) is 1. The lowest BCUT2D eigenvalue weighted by Gasteiger charge is -2.14. The number of esters is 1. The van der Waals surface area contributed by atoms with E-state index in [-0.39, 0.29) is 18.4 Å². The molecule has 0 radical (unpaired) electrons. The number of amides is 1. The highest BCUT2D eigenvalue weighted by molar-refractivity contribution is 5.99. The van der Waals surface area contributed by atoms with Crippen LogP contribution in [0.25, 0.3) is 10.9 Å². The number of rotatable bonds is 6. The standard InChI is InChI=1S/C23H24N2O3/c1-15(18-9-5-4-6-10-18)13-24-21(26)14-28-23(27)22-16(2)19-11-7-8-12-20(19)25-17(22)3/h4-12,15H,13-14H2,1-3H3,(H,24,26)/t15-/m1/s1. The normalized spacial score (nSPS) is 11.8. The van der Waals surface area contributed by atoms with Crippen LogP contribution >= 0.6 is 0 Å². The Morgan fingerprint density at radius 3 is 2.46 bits per heavy atom. The molecule has 5 nitrogen and oxygen atoms in total. The van der Waals surface area contributed by atoms with Crippen molar-refractivity contribution in [2.75, 3.05) is 13.2 Å². The van der Waals surface area contributed by atoms with Gasteiger partial charge >= 0.3 is 5.97 Å². The van der Waals surface area contributed by atoms with Crippen LogP contribution in [0.4, 0.5) is 0 Å². The monoisotopic (exact) mass is 376 g/mol. The van der Waals surface area contributed by atoms with Gasteiger partial charge in [0.1, 0.15) is 0 Å². The smallest absolute Gasteiger partial charge is 0.340 e. The van der Waals surface area contributed by atoms with Crippen LogP contribution in [0.15, 0.2) is 54.6 Å². The minimum atomic E-state index is -0.528. The molecule has 0 saturated heterocycles.